The fourth-order valence-electron chi connectivity index (χ4n) is 2.61. The van der Waals surface area contributed by atoms with Crippen molar-refractivity contribution >= 4 is 17.5 Å². The molecule has 17 heavy (non-hydrogen) atoms. The second kappa shape index (κ2) is 6.03. The molecular formula is C13H21NO2S. The molecule has 3 nitrogen and oxygen atoms in total. The average Bonchev–Trinajstić information content (AvgIpc) is 2.77. The molecule has 1 N–H and O–H groups in total. The van der Waals surface area contributed by atoms with Gasteiger partial charge < -0.3 is 10.1 Å². The third-order valence-corrected chi connectivity index (χ3v) is 4.83. The van der Waals surface area contributed by atoms with Crippen LogP contribution in [0.1, 0.15) is 19.3 Å². The van der Waals surface area contributed by atoms with Gasteiger partial charge in [0.2, 0.25) is 0 Å². The molecule has 0 aromatic heterocycles. The second-order valence-electron chi connectivity index (χ2n) is 4.91. The monoisotopic (exact) mass is 255 g/mol. The number of carbonyl (C=O) groups is 1. The summed E-state index contributed by atoms with van der Waals surface area (Å²) in [5.74, 6) is 2.78. The summed E-state index contributed by atoms with van der Waals surface area (Å²) in [6, 6.07) is 0. The number of nitrogens with one attached hydrogen (secondary N) is 1. The Labute approximate surface area is 107 Å². The van der Waals surface area contributed by atoms with E-state index in [4.69, 9.17) is 4.74 Å². The van der Waals surface area contributed by atoms with Crippen LogP contribution in [0.3, 0.4) is 0 Å². The first kappa shape index (κ1) is 13.1. The van der Waals surface area contributed by atoms with Gasteiger partial charge in [-0.1, -0.05) is 6.08 Å². The van der Waals surface area contributed by atoms with Crippen molar-refractivity contribution in [1.29, 1.82) is 0 Å². The maximum Gasteiger partial charge on any atom is 0.149 e. The topological polar surface area (TPSA) is 38.3 Å². The molecule has 2 heterocycles. The Morgan fingerprint density at radius 2 is 2.53 bits per heavy atom. The molecule has 0 aliphatic carbocycles. The van der Waals surface area contributed by atoms with Crippen molar-refractivity contribution in [3.63, 3.8) is 0 Å². The Bertz CT molecular complexity index is 287. The Kier molecular flexibility index (Phi) is 4.65. The lowest BCUT2D eigenvalue weighted by atomic mass is 9.83. The first-order valence-corrected chi connectivity index (χ1v) is 7.47. The first-order chi connectivity index (χ1) is 8.26. The molecule has 2 aliphatic heterocycles. The molecule has 2 fully saturated rings. The smallest absolute Gasteiger partial charge is 0.149 e. The summed E-state index contributed by atoms with van der Waals surface area (Å²) in [5, 5.41) is 3.10. The van der Waals surface area contributed by atoms with Gasteiger partial charge in [0, 0.05) is 24.8 Å². The van der Waals surface area contributed by atoms with E-state index in [-0.39, 0.29) is 11.5 Å². The van der Waals surface area contributed by atoms with Crippen molar-refractivity contribution < 1.29 is 9.53 Å². The van der Waals surface area contributed by atoms with Gasteiger partial charge in [0.05, 0.1) is 12.1 Å². The van der Waals surface area contributed by atoms with Gasteiger partial charge in [-0.25, -0.2) is 0 Å². The fraction of sp³-hybridized carbons (Fsp3) is 0.769. The molecule has 2 rings (SSSR count). The minimum Gasteiger partial charge on any atom is -0.374 e. The van der Waals surface area contributed by atoms with Crippen molar-refractivity contribution in [3.05, 3.63) is 12.7 Å². The highest BCUT2D eigenvalue weighted by Gasteiger charge is 2.42. The number of ether oxygens (including phenoxy) is 1. The second-order valence-corrected chi connectivity index (χ2v) is 6.01. The third-order valence-electron chi connectivity index (χ3n) is 3.60. The molecule has 0 aromatic rings. The van der Waals surface area contributed by atoms with Gasteiger partial charge in [-0.15, -0.1) is 6.58 Å². The van der Waals surface area contributed by atoms with Crippen LogP contribution in [0.25, 0.3) is 0 Å². The maximum atomic E-state index is 12.1. The van der Waals surface area contributed by atoms with E-state index in [9.17, 15) is 4.79 Å². The zero-order valence-electron chi connectivity index (χ0n) is 10.2. The number of thioether (sulfide) groups is 1. The van der Waals surface area contributed by atoms with Crippen LogP contribution in [0.4, 0.5) is 0 Å². The van der Waals surface area contributed by atoms with E-state index in [1.165, 1.54) is 5.75 Å². The predicted octanol–water partition coefficient (Wildman–Crippen LogP) is 1.63. The first-order valence-electron chi connectivity index (χ1n) is 6.32. The normalized spacial score (nSPS) is 32.8. The molecule has 0 radical (unpaired) electrons. The largest absolute Gasteiger partial charge is 0.374 e. The molecule has 4 heteroatoms. The lowest BCUT2D eigenvalue weighted by Gasteiger charge is -2.37. The SMILES string of the molecule is C=CCNCC(=O)C1CCOC2(CCSC2)C1. The lowest BCUT2D eigenvalue weighted by Crippen LogP contribution is -2.43. The fourth-order valence-corrected chi connectivity index (χ4v) is 3.99. The van der Waals surface area contributed by atoms with E-state index in [0.29, 0.717) is 18.9 Å². The molecule has 2 atom stereocenters. The molecule has 96 valence electrons. The highest BCUT2D eigenvalue weighted by Crippen LogP contribution is 2.40. The van der Waals surface area contributed by atoms with Crippen LogP contribution >= 0.6 is 11.8 Å². The number of Topliss-reactive ketones (excluding diaryl/α,β-unsaturated/α-hetero) is 1. The Balaban J connectivity index is 1.84. The average molecular weight is 255 g/mol. The van der Waals surface area contributed by atoms with E-state index >= 15 is 0 Å². The molecule has 0 amide bonds. The van der Waals surface area contributed by atoms with Crippen LogP contribution in [0.15, 0.2) is 12.7 Å². The van der Waals surface area contributed by atoms with E-state index in [1.807, 2.05) is 11.8 Å². The minimum absolute atomic E-state index is 0.0156. The van der Waals surface area contributed by atoms with Crippen LogP contribution in [0, 0.1) is 5.92 Å². The van der Waals surface area contributed by atoms with Gasteiger partial charge in [0.1, 0.15) is 5.78 Å². The van der Waals surface area contributed by atoms with E-state index < -0.39 is 0 Å². The summed E-state index contributed by atoms with van der Waals surface area (Å²) in [5.41, 5.74) is 0.0156. The van der Waals surface area contributed by atoms with Gasteiger partial charge >= 0.3 is 0 Å². The summed E-state index contributed by atoms with van der Waals surface area (Å²) in [6.07, 6.45) is 4.71. The summed E-state index contributed by atoms with van der Waals surface area (Å²) < 4.78 is 5.92. The predicted molar refractivity (Wildman–Crippen MR) is 71.4 cm³/mol. The molecule has 2 aliphatic rings. The van der Waals surface area contributed by atoms with Crippen LogP contribution in [0.2, 0.25) is 0 Å². The minimum atomic E-state index is 0.0156. The van der Waals surface area contributed by atoms with Gasteiger partial charge in [0.25, 0.3) is 0 Å². The third kappa shape index (κ3) is 3.33. The molecule has 0 saturated carbocycles. The number of rotatable bonds is 5. The summed E-state index contributed by atoms with van der Waals surface area (Å²) in [7, 11) is 0. The zero-order valence-corrected chi connectivity index (χ0v) is 11.1. The van der Waals surface area contributed by atoms with Crippen LogP contribution in [-0.2, 0) is 9.53 Å². The molecule has 1 spiro atoms. The van der Waals surface area contributed by atoms with E-state index in [0.717, 1.165) is 31.6 Å². The molecule has 0 aromatic carbocycles. The van der Waals surface area contributed by atoms with Gasteiger partial charge in [-0.3, -0.25) is 4.79 Å². The molecular weight excluding hydrogens is 234 g/mol. The number of ketones is 1. The highest BCUT2D eigenvalue weighted by molar-refractivity contribution is 7.99. The molecule has 2 unspecified atom stereocenters. The van der Waals surface area contributed by atoms with E-state index in [1.54, 1.807) is 6.08 Å². The molecule has 2 saturated heterocycles. The van der Waals surface area contributed by atoms with Crippen molar-refractivity contribution in [2.45, 2.75) is 24.9 Å². The van der Waals surface area contributed by atoms with Gasteiger partial charge in [-0.05, 0) is 25.0 Å². The summed E-state index contributed by atoms with van der Waals surface area (Å²) in [6.45, 7) is 5.56. The van der Waals surface area contributed by atoms with Crippen molar-refractivity contribution in [1.82, 2.24) is 5.32 Å². The van der Waals surface area contributed by atoms with Crippen molar-refractivity contribution in [3.8, 4) is 0 Å². The van der Waals surface area contributed by atoms with Crippen molar-refractivity contribution in [2.24, 2.45) is 5.92 Å². The Morgan fingerprint density at radius 3 is 3.24 bits per heavy atom. The number of hydrogen-bond acceptors (Lipinski definition) is 4. The zero-order chi connectivity index (χ0) is 12.1. The highest BCUT2D eigenvalue weighted by atomic mass is 32.2. The van der Waals surface area contributed by atoms with E-state index in [2.05, 4.69) is 11.9 Å². The van der Waals surface area contributed by atoms with Gasteiger partial charge in [-0.2, -0.15) is 11.8 Å². The Hall–Kier alpha value is -0.320. The maximum absolute atomic E-state index is 12.1. The van der Waals surface area contributed by atoms with Crippen LogP contribution in [-0.4, -0.2) is 42.6 Å². The number of carbonyl (C=O) groups excluding carboxylic acids is 1. The quantitative estimate of drug-likeness (QED) is 0.598. The Morgan fingerprint density at radius 1 is 1.65 bits per heavy atom. The van der Waals surface area contributed by atoms with Gasteiger partial charge in [0.15, 0.2) is 0 Å². The molecule has 0 bridgehead atoms. The van der Waals surface area contributed by atoms with Crippen molar-refractivity contribution in [2.75, 3.05) is 31.2 Å². The van der Waals surface area contributed by atoms with Crippen LogP contribution in [0.5, 0.6) is 0 Å². The van der Waals surface area contributed by atoms with Crippen LogP contribution < -0.4 is 5.32 Å². The summed E-state index contributed by atoms with van der Waals surface area (Å²) >= 11 is 1.95. The lowest BCUT2D eigenvalue weighted by molar-refractivity contribution is -0.133. The summed E-state index contributed by atoms with van der Waals surface area (Å²) in [4.78, 5) is 12.1. The standard InChI is InChI=1S/C13H21NO2S/c1-2-5-14-9-12(15)11-3-6-16-13(8-11)4-7-17-10-13/h2,11,14H,1,3-10H2. The number of hydrogen-bond donors (Lipinski definition) is 1.